The summed E-state index contributed by atoms with van der Waals surface area (Å²) in [5.74, 6) is 0. The number of hydrogen-bond acceptors (Lipinski definition) is 5. The fourth-order valence-electron chi connectivity index (χ4n) is 2.28. The molecule has 0 spiro atoms. The Hall–Kier alpha value is -1.79. The monoisotopic (exact) mass is 257 g/mol. The molecule has 4 rings (SSSR count). The average molecular weight is 257 g/mol. The summed E-state index contributed by atoms with van der Waals surface area (Å²) in [5.41, 5.74) is 3.31. The molecule has 90 valence electrons. The Bertz CT molecular complexity index is 668. The third-order valence-electron chi connectivity index (χ3n) is 3.21. The van der Waals surface area contributed by atoms with Gasteiger partial charge >= 0.3 is 0 Å². The summed E-state index contributed by atoms with van der Waals surface area (Å²) in [6.45, 7) is 0.823. The minimum absolute atomic E-state index is 0.250. The Balaban J connectivity index is 1.72. The first kappa shape index (κ1) is 10.2. The van der Waals surface area contributed by atoms with E-state index >= 15 is 0 Å². The number of H-pyrrole nitrogens is 1. The molecule has 1 atom stereocenters. The fourth-order valence-corrected chi connectivity index (χ4v) is 3.26. The summed E-state index contributed by atoms with van der Waals surface area (Å²) in [7, 11) is 0. The molecule has 6 heteroatoms. The molecule has 1 aliphatic rings. The van der Waals surface area contributed by atoms with Gasteiger partial charge in [-0.2, -0.15) is 0 Å². The van der Waals surface area contributed by atoms with Crippen LogP contribution in [-0.4, -0.2) is 19.9 Å². The summed E-state index contributed by atoms with van der Waals surface area (Å²) in [6, 6.07) is 4.18. The first-order valence-electron chi connectivity index (χ1n) is 5.86. The molecule has 5 nitrogen and oxygen atoms in total. The standard InChI is InChI=1S/C12H11N5S/c1-2-7-11(13-3-1)18-12(17-7)9-4-8-10(5-14-9)16-6-15-8/h1-3,6,9,14H,4-5H2,(H,15,16). The molecule has 2 N–H and O–H groups in total. The molecule has 0 fully saturated rings. The van der Waals surface area contributed by atoms with Gasteiger partial charge in [0.2, 0.25) is 0 Å². The highest BCUT2D eigenvalue weighted by Crippen LogP contribution is 2.29. The van der Waals surface area contributed by atoms with Crippen LogP contribution < -0.4 is 5.32 Å². The highest BCUT2D eigenvalue weighted by Gasteiger charge is 2.24. The predicted molar refractivity (Wildman–Crippen MR) is 69.3 cm³/mol. The Kier molecular flexibility index (Phi) is 2.18. The van der Waals surface area contributed by atoms with E-state index in [1.54, 1.807) is 17.7 Å². The molecule has 0 saturated heterocycles. The molecule has 1 aliphatic heterocycles. The fraction of sp³-hybridized carbons (Fsp3) is 0.250. The first-order valence-corrected chi connectivity index (χ1v) is 6.68. The predicted octanol–water partition coefficient (Wildman–Crippen LogP) is 1.80. The zero-order valence-electron chi connectivity index (χ0n) is 9.55. The van der Waals surface area contributed by atoms with Gasteiger partial charge in [0, 0.05) is 19.2 Å². The number of nitrogens with one attached hydrogen (secondary N) is 2. The third kappa shape index (κ3) is 1.53. The van der Waals surface area contributed by atoms with Gasteiger partial charge in [0.15, 0.2) is 0 Å². The lowest BCUT2D eigenvalue weighted by molar-refractivity contribution is 0.488. The minimum Gasteiger partial charge on any atom is -0.347 e. The molecule has 4 heterocycles. The van der Waals surface area contributed by atoms with Gasteiger partial charge in [-0.25, -0.2) is 15.0 Å². The summed E-state index contributed by atoms with van der Waals surface area (Å²) in [6.07, 6.45) is 4.46. The summed E-state index contributed by atoms with van der Waals surface area (Å²) < 4.78 is 0. The number of hydrogen-bond donors (Lipinski definition) is 2. The van der Waals surface area contributed by atoms with Crippen molar-refractivity contribution < 1.29 is 0 Å². The van der Waals surface area contributed by atoms with Crippen LogP contribution in [0.5, 0.6) is 0 Å². The van der Waals surface area contributed by atoms with Crippen molar-refractivity contribution in [3.63, 3.8) is 0 Å². The second kappa shape index (κ2) is 3.86. The second-order valence-corrected chi connectivity index (χ2v) is 5.35. The second-order valence-electron chi connectivity index (χ2n) is 4.35. The Morgan fingerprint density at radius 3 is 3.28 bits per heavy atom. The number of aromatic amines is 1. The normalized spacial score (nSPS) is 19.0. The molecule has 0 radical (unpaired) electrons. The Morgan fingerprint density at radius 1 is 1.33 bits per heavy atom. The van der Waals surface area contributed by atoms with Crippen molar-refractivity contribution in [1.29, 1.82) is 0 Å². The van der Waals surface area contributed by atoms with Gasteiger partial charge in [0.1, 0.15) is 15.4 Å². The average Bonchev–Trinajstić information content (AvgIpc) is 3.04. The highest BCUT2D eigenvalue weighted by molar-refractivity contribution is 7.18. The quantitative estimate of drug-likeness (QED) is 0.697. The van der Waals surface area contributed by atoms with Crippen LogP contribution in [0.1, 0.15) is 22.4 Å². The van der Waals surface area contributed by atoms with Crippen LogP contribution in [0.4, 0.5) is 0 Å². The summed E-state index contributed by atoms with van der Waals surface area (Å²) in [4.78, 5) is 17.5. The lowest BCUT2D eigenvalue weighted by Gasteiger charge is -2.20. The molecule has 0 saturated carbocycles. The van der Waals surface area contributed by atoms with Gasteiger partial charge in [0.05, 0.1) is 23.8 Å². The van der Waals surface area contributed by atoms with E-state index in [2.05, 4.69) is 25.3 Å². The van der Waals surface area contributed by atoms with Gasteiger partial charge in [-0.1, -0.05) is 11.3 Å². The molecular weight excluding hydrogens is 246 g/mol. The lowest BCUT2D eigenvalue weighted by atomic mass is 10.1. The number of rotatable bonds is 1. The lowest BCUT2D eigenvalue weighted by Crippen LogP contribution is -2.28. The molecular formula is C12H11N5S. The Morgan fingerprint density at radius 2 is 2.33 bits per heavy atom. The van der Waals surface area contributed by atoms with E-state index in [4.69, 9.17) is 0 Å². The first-order chi connectivity index (χ1) is 8.90. The van der Waals surface area contributed by atoms with E-state index in [1.807, 2.05) is 18.3 Å². The van der Waals surface area contributed by atoms with Crippen LogP contribution in [0.15, 0.2) is 24.7 Å². The number of fused-ring (bicyclic) bond motifs is 2. The number of aromatic nitrogens is 4. The number of thiazole rings is 1. The van der Waals surface area contributed by atoms with Crippen LogP contribution in [0.3, 0.4) is 0 Å². The third-order valence-corrected chi connectivity index (χ3v) is 4.30. The van der Waals surface area contributed by atoms with Crippen molar-refractivity contribution >= 4 is 21.7 Å². The maximum absolute atomic E-state index is 4.65. The van der Waals surface area contributed by atoms with Crippen molar-refractivity contribution in [2.45, 2.75) is 19.0 Å². The van der Waals surface area contributed by atoms with Gasteiger partial charge in [-0.3, -0.25) is 0 Å². The van der Waals surface area contributed by atoms with Crippen LogP contribution in [0, 0.1) is 0 Å². The van der Waals surface area contributed by atoms with Crippen LogP contribution in [0.25, 0.3) is 10.3 Å². The molecule has 1 unspecified atom stereocenters. The van der Waals surface area contributed by atoms with Crippen molar-refractivity contribution in [1.82, 2.24) is 25.3 Å². The number of pyridine rings is 1. The minimum atomic E-state index is 0.250. The van der Waals surface area contributed by atoms with Crippen molar-refractivity contribution in [2.75, 3.05) is 0 Å². The van der Waals surface area contributed by atoms with Gasteiger partial charge in [0.25, 0.3) is 0 Å². The molecule has 0 aliphatic carbocycles. The smallest absolute Gasteiger partial charge is 0.143 e. The summed E-state index contributed by atoms with van der Waals surface area (Å²) in [5, 5.41) is 4.58. The molecule has 18 heavy (non-hydrogen) atoms. The molecule has 3 aromatic heterocycles. The Labute approximate surface area is 107 Å². The highest BCUT2D eigenvalue weighted by atomic mass is 32.1. The van der Waals surface area contributed by atoms with Crippen molar-refractivity contribution in [3.05, 3.63) is 41.1 Å². The van der Waals surface area contributed by atoms with Gasteiger partial charge in [-0.05, 0) is 12.1 Å². The number of nitrogens with zero attached hydrogens (tertiary/aromatic N) is 3. The molecule has 0 aromatic carbocycles. The molecule has 0 amide bonds. The molecule has 3 aromatic rings. The van der Waals surface area contributed by atoms with E-state index in [-0.39, 0.29) is 6.04 Å². The van der Waals surface area contributed by atoms with Crippen LogP contribution in [-0.2, 0) is 13.0 Å². The number of imidazole rings is 1. The zero-order valence-corrected chi connectivity index (χ0v) is 10.4. The van der Waals surface area contributed by atoms with E-state index in [9.17, 15) is 0 Å². The largest absolute Gasteiger partial charge is 0.347 e. The van der Waals surface area contributed by atoms with Crippen molar-refractivity contribution in [2.24, 2.45) is 0 Å². The van der Waals surface area contributed by atoms with Crippen molar-refractivity contribution in [3.8, 4) is 0 Å². The van der Waals surface area contributed by atoms with Gasteiger partial charge < -0.3 is 10.3 Å². The van der Waals surface area contributed by atoms with Crippen LogP contribution in [0.2, 0.25) is 0 Å². The maximum Gasteiger partial charge on any atom is 0.143 e. The van der Waals surface area contributed by atoms with E-state index < -0.39 is 0 Å². The van der Waals surface area contributed by atoms with E-state index in [0.29, 0.717) is 0 Å². The van der Waals surface area contributed by atoms with E-state index in [1.165, 1.54) is 5.69 Å². The van der Waals surface area contributed by atoms with Gasteiger partial charge in [-0.15, -0.1) is 0 Å². The topological polar surface area (TPSA) is 66.5 Å². The SMILES string of the molecule is c1cnc2sc(C3Cc4nc[nH]c4CN3)nc2c1. The van der Waals surface area contributed by atoms with E-state index in [0.717, 1.165) is 34.0 Å². The maximum atomic E-state index is 4.65. The molecule has 0 bridgehead atoms. The zero-order chi connectivity index (χ0) is 11.9. The summed E-state index contributed by atoms with van der Waals surface area (Å²) >= 11 is 1.66. The van der Waals surface area contributed by atoms with Crippen LogP contribution >= 0.6 is 11.3 Å².